The van der Waals surface area contributed by atoms with Crippen LogP contribution in [0.2, 0.25) is 0 Å². The van der Waals surface area contributed by atoms with E-state index in [1.54, 1.807) is 12.4 Å². The monoisotopic (exact) mass is 493 g/mol. The van der Waals surface area contributed by atoms with Gasteiger partial charge in [0.2, 0.25) is 0 Å². The van der Waals surface area contributed by atoms with Crippen LogP contribution in [0.1, 0.15) is 36.9 Å². The molecule has 0 amide bonds. The van der Waals surface area contributed by atoms with Crippen molar-refractivity contribution in [3.63, 3.8) is 0 Å². The van der Waals surface area contributed by atoms with E-state index in [1.165, 1.54) is 5.56 Å². The molecule has 3 N–H and O–H groups in total. The number of pyridine rings is 1. The van der Waals surface area contributed by atoms with E-state index >= 15 is 0 Å². The fourth-order valence-electron chi connectivity index (χ4n) is 4.80. The van der Waals surface area contributed by atoms with Gasteiger partial charge in [0.25, 0.3) is 0 Å². The quantitative estimate of drug-likeness (QED) is 0.387. The Labute approximate surface area is 214 Å². The van der Waals surface area contributed by atoms with E-state index in [1.807, 2.05) is 30.3 Å². The first-order chi connectivity index (χ1) is 18.1. The van der Waals surface area contributed by atoms with Gasteiger partial charge in [-0.1, -0.05) is 29.4 Å². The van der Waals surface area contributed by atoms with Crippen molar-refractivity contribution < 1.29 is 9.26 Å². The molecule has 0 spiro atoms. The predicted octanol–water partition coefficient (Wildman–Crippen LogP) is 4.27. The first-order valence-electron chi connectivity index (χ1n) is 12.5. The smallest absolute Gasteiger partial charge is 0.189 e. The molecule has 4 aromatic rings. The standard InChI is InChI=1S/C28H27N7O2/c29-17-28(8-1-9-28)25-12-20(6-10-31-25)23-15-33-27(30)26(34-23)24-13-22(35-37-24)19-4-2-18(3-5-19)14-32-21-7-11-36-16-21/h2-6,10,12-13,15,21,32H,1,7-9,11,14,16H2,(H2,30,33)/t21-/m0/s1. The molecular weight excluding hydrogens is 466 g/mol. The largest absolute Gasteiger partial charge is 0.382 e. The Kier molecular flexibility index (Phi) is 6.12. The molecular formula is C28H27N7O2. The zero-order valence-electron chi connectivity index (χ0n) is 20.4. The van der Waals surface area contributed by atoms with Gasteiger partial charge >= 0.3 is 0 Å². The molecule has 186 valence electrons. The maximum absolute atomic E-state index is 9.70. The van der Waals surface area contributed by atoms with E-state index in [-0.39, 0.29) is 5.82 Å². The predicted molar refractivity (Wildman–Crippen MR) is 138 cm³/mol. The summed E-state index contributed by atoms with van der Waals surface area (Å²) in [5, 5.41) is 17.5. The lowest BCUT2D eigenvalue weighted by molar-refractivity contribution is 0.190. The normalized spacial score (nSPS) is 18.3. The molecule has 1 aliphatic heterocycles. The fourth-order valence-corrected chi connectivity index (χ4v) is 4.80. The number of nitrogens with zero attached hydrogens (tertiary/aromatic N) is 5. The van der Waals surface area contributed by atoms with Gasteiger partial charge in [-0.15, -0.1) is 0 Å². The highest BCUT2D eigenvalue weighted by Gasteiger charge is 2.40. The third-order valence-corrected chi connectivity index (χ3v) is 7.29. The minimum Gasteiger partial charge on any atom is -0.382 e. The highest BCUT2D eigenvalue weighted by molar-refractivity contribution is 5.73. The van der Waals surface area contributed by atoms with Gasteiger partial charge in [-0.25, -0.2) is 9.97 Å². The first kappa shape index (κ1) is 23.3. The third-order valence-electron chi connectivity index (χ3n) is 7.29. The van der Waals surface area contributed by atoms with Crippen LogP contribution >= 0.6 is 0 Å². The SMILES string of the molecule is N#CC1(c2cc(-c3cnc(N)c(-c4cc(-c5ccc(CN[C@H]6CCOC6)cc5)no4)n3)ccn2)CCC1. The average Bonchev–Trinajstić information content (AvgIpc) is 3.61. The van der Waals surface area contributed by atoms with Gasteiger partial charge in [-0.2, -0.15) is 5.26 Å². The molecule has 0 unspecified atom stereocenters. The number of benzene rings is 1. The number of nitriles is 1. The number of ether oxygens (including phenoxy) is 1. The second kappa shape index (κ2) is 9.73. The number of anilines is 1. The van der Waals surface area contributed by atoms with Crippen molar-refractivity contribution >= 4 is 5.82 Å². The summed E-state index contributed by atoms with van der Waals surface area (Å²) in [6, 6.07) is 16.7. The van der Waals surface area contributed by atoms with Crippen molar-refractivity contribution in [2.45, 2.75) is 43.7 Å². The van der Waals surface area contributed by atoms with Gasteiger partial charge in [0.15, 0.2) is 17.3 Å². The van der Waals surface area contributed by atoms with Crippen LogP contribution in [0.25, 0.3) is 34.0 Å². The lowest BCUT2D eigenvalue weighted by Gasteiger charge is -2.34. The lowest BCUT2D eigenvalue weighted by atomic mass is 9.67. The van der Waals surface area contributed by atoms with Crippen molar-refractivity contribution in [1.29, 1.82) is 5.26 Å². The van der Waals surface area contributed by atoms with E-state index in [2.05, 4.69) is 38.6 Å². The minimum absolute atomic E-state index is 0.255. The molecule has 9 heteroatoms. The zero-order valence-corrected chi connectivity index (χ0v) is 20.4. The summed E-state index contributed by atoms with van der Waals surface area (Å²) in [6.07, 6.45) is 7.08. The highest BCUT2D eigenvalue weighted by Crippen LogP contribution is 2.43. The molecule has 1 saturated carbocycles. The number of hydrogen-bond donors (Lipinski definition) is 2. The summed E-state index contributed by atoms with van der Waals surface area (Å²) >= 11 is 0. The van der Waals surface area contributed by atoms with Gasteiger partial charge in [0.1, 0.15) is 5.69 Å². The summed E-state index contributed by atoms with van der Waals surface area (Å²) in [6.45, 7) is 2.40. The molecule has 2 aliphatic rings. The topological polar surface area (TPSA) is 136 Å². The Morgan fingerprint density at radius 2 is 1.95 bits per heavy atom. The molecule has 4 heterocycles. The summed E-state index contributed by atoms with van der Waals surface area (Å²) in [5.74, 6) is 0.695. The van der Waals surface area contributed by atoms with Crippen molar-refractivity contribution in [3.05, 3.63) is 66.1 Å². The molecule has 0 bridgehead atoms. The summed E-state index contributed by atoms with van der Waals surface area (Å²) in [5.41, 5.74) is 11.1. The fraction of sp³-hybridized carbons (Fsp3) is 0.321. The Morgan fingerprint density at radius 3 is 2.68 bits per heavy atom. The van der Waals surface area contributed by atoms with Gasteiger partial charge < -0.3 is 20.3 Å². The summed E-state index contributed by atoms with van der Waals surface area (Å²) in [4.78, 5) is 13.6. The van der Waals surface area contributed by atoms with E-state index < -0.39 is 5.41 Å². The Bertz CT molecular complexity index is 1450. The molecule has 1 saturated heterocycles. The summed E-state index contributed by atoms with van der Waals surface area (Å²) in [7, 11) is 0. The second-order valence-electron chi connectivity index (χ2n) is 9.68. The number of aromatic nitrogens is 4. The Balaban J connectivity index is 1.22. The molecule has 6 rings (SSSR count). The number of nitrogens with two attached hydrogens (primary N) is 1. The Hall–Kier alpha value is -4.13. The minimum atomic E-state index is -0.504. The maximum Gasteiger partial charge on any atom is 0.189 e. The van der Waals surface area contributed by atoms with E-state index in [9.17, 15) is 5.26 Å². The zero-order chi connectivity index (χ0) is 25.2. The highest BCUT2D eigenvalue weighted by atomic mass is 16.5. The molecule has 2 fully saturated rings. The molecule has 1 aliphatic carbocycles. The van der Waals surface area contributed by atoms with Crippen LogP contribution in [0, 0.1) is 11.3 Å². The van der Waals surface area contributed by atoms with Crippen LogP contribution in [0.15, 0.2) is 59.4 Å². The third kappa shape index (κ3) is 4.57. The van der Waals surface area contributed by atoms with Crippen LogP contribution in [0.3, 0.4) is 0 Å². The van der Waals surface area contributed by atoms with Gasteiger partial charge in [0, 0.05) is 42.6 Å². The molecule has 37 heavy (non-hydrogen) atoms. The lowest BCUT2D eigenvalue weighted by Crippen LogP contribution is -2.33. The van der Waals surface area contributed by atoms with Gasteiger partial charge in [-0.05, 0) is 43.4 Å². The Morgan fingerprint density at radius 1 is 1.08 bits per heavy atom. The van der Waals surface area contributed by atoms with E-state index in [4.69, 9.17) is 20.0 Å². The van der Waals surface area contributed by atoms with E-state index in [0.29, 0.717) is 28.9 Å². The van der Waals surface area contributed by atoms with Crippen molar-refractivity contribution in [1.82, 2.24) is 25.4 Å². The first-order valence-corrected chi connectivity index (χ1v) is 12.5. The van der Waals surface area contributed by atoms with Crippen molar-refractivity contribution in [2.75, 3.05) is 18.9 Å². The number of hydrogen-bond acceptors (Lipinski definition) is 9. The van der Waals surface area contributed by atoms with Crippen molar-refractivity contribution in [3.8, 4) is 40.0 Å². The molecule has 1 aromatic carbocycles. The molecule has 3 aromatic heterocycles. The molecule has 9 nitrogen and oxygen atoms in total. The summed E-state index contributed by atoms with van der Waals surface area (Å²) < 4.78 is 11.0. The van der Waals surface area contributed by atoms with Crippen LogP contribution < -0.4 is 11.1 Å². The maximum atomic E-state index is 9.70. The number of nitrogen functional groups attached to an aromatic ring is 1. The number of rotatable bonds is 7. The van der Waals surface area contributed by atoms with Crippen LogP contribution in [0.4, 0.5) is 5.82 Å². The van der Waals surface area contributed by atoms with Crippen LogP contribution in [-0.2, 0) is 16.7 Å². The van der Waals surface area contributed by atoms with Gasteiger partial charge in [-0.3, -0.25) is 4.98 Å². The van der Waals surface area contributed by atoms with Crippen LogP contribution in [0.5, 0.6) is 0 Å². The second-order valence-corrected chi connectivity index (χ2v) is 9.68. The van der Waals surface area contributed by atoms with Gasteiger partial charge in [0.05, 0.1) is 35.7 Å². The molecule has 1 atom stereocenters. The van der Waals surface area contributed by atoms with E-state index in [0.717, 1.165) is 62.3 Å². The van der Waals surface area contributed by atoms with Crippen molar-refractivity contribution in [2.24, 2.45) is 0 Å². The average molecular weight is 494 g/mol. The number of nitrogens with one attached hydrogen (secondary N) is 1. The molecule has 0 radical (unpaired) electrons. The van der Waals surface area contributed by atoms with Crippen LogP contribution in [-0.4, -0.2) is 39.4 Å².